The second-order valence-corrected chi connectivity index (χ2v) is 6.87. The van der Waals surface area contributed by atoms with Crippen LogP contribution in [0.15, 0.2) is 66.7 Å². The summed E-state index contributed by atoms with van der Waals surface area (Å²) in [6.45, 7) is 0. The van der Waals surface area contributed by atoms with Crippen molar-refractivity contribution in [3.05, 3.63) is 94.0 Å². The van der Waals surface area contributed by atoms with Gasteiger partial charge in [0.05, 0.1) is 33.1 Å². The van der Waals surface area contributed by atoms with E-state index in [4.69, 9.17) is 11.6 Å². The van der Waals surface area contributed by atoms with Crippen LogP contribution in [-0.4, -0.2) is 28.8 Å². The van der Waals surface area contributed by atoms with Crippen molar-refractivity contribution in [2.45, 2.75) is 0 Å². The Balaban J connectivity index is 1.66. The number of halogens is 1. The molecule has 0 bridgehead atoms. The number of benzene rings is 3. The highest BCUT2D eigenvalue weighted by atomic mass is 35.5. The smallest absolute Gasteiger partial charge is 0.337 e. The fraction of sp³-hybridized carbons (Fsp3) is 0. The maximum absolute atomic E-state index is 12.9. The molecule has 0 aliphatic carbocycles. The van der Waals surface area contributed by atoms with Crippen LogP contribution in [0.5, 0.6) is 0 Å². The Morgan fingerprint density at radius 2 is 1.53 bits per heavy atom. The first-order valence-electron chi connectivity index (χ1n) is 8.79. The zero-order chi connectivity index (χ0) is 21.4. The normalized spacial score (nSPS) is 12.6. The van der Waals surface area contributed by atoms with Crippen molar-refractivity contribution in [1.82, 2.24) is 0 Å². The predicted molar refractivity (Wildman–Crippen MR) is 110 cm³/mol. The van der Waals surface area contributed by atoms with Gasteiger partial charge in [-0.05, 0) is 42.5 Å². The van der Waals surface area contributed by atoms with Gasteiger partial charge in [-0.2, -0.15) is 0 Å². The lowest BCUT2D eigenvalue weighted by Gasteiger charge is -2.15. The molecule has 148 valence electrons. The minimum Gasteiger partial charge on any atom is -0.478 e. The van der Waals surface area contributed by atoms with Crippen molar-refractivity contribution in [3.63, 3.8) is 0 Å². The van der Waals surface area contributed by atoms with E-state index in [0.29, 0.717) is 0 Å². The van der Waals surface area contributed by atoms with Gasteiger partial charge in [-0.1, -0.05) is 35.9 Å². The monoisotopic (exact) mass is 420 g/mol. The quantitative estimate of drug-likeness (QED) is 0.618. The molecule has 0 atom stereocenters. The van der Waals surface area contributed by atoms with Gasteiger partial charge in [-0.3, -0.25) is 14.4 Å². The van der Waals surface area contributed by atoms with Gasteiger partial charge in [-0.25, -0.2) is 9.69 Å². The molecule has 0 radical (unpaired) electrons. The van der Waals surface area contributed by atoms with Crippen molar-refractivity contribution in [2.75, 3.05) is 10.2 Å². The molecular formula is C22H13ClN2O5. The Bertz CT molecular complexity index is 1240. The van der Waals surface area contributed by atoms with Crippen LogP contribution in [0.2, 0.25) is 5.02 Å². The van der Waals surface area contributed by atoms with Crippen LogP contribution in [0.25, 0.3) is 0 Å². The van der Waals surface area contributed by atoms with Crippen LogP contribution >= 0.6 is 11.6 Å². The van der Waals surface area contributed by atoms with Gasteiger partial charge in [0.15, 0.2) is 0 Å². The highest BCUT2D eigenvalue weighted by molar-refractivity contribution is 6.40. The Morgan fingerprint density at radius 3 is 2.27 bits per heavy atom. The Morgan fingerprint density at radius 1 is 0.867 bits per heavy atom. The third-order valence-corrected chi connectivity index (χ3v) is 4.97. The number of anilines is 2. The van der Waals surface area contributed by atoms with Crippen LogP contribution in [0.1, 0.15) is 41.4 Å². The molecule has 0 saturated heterocycles. The molecule has 0 unspecified atom stereocenters. The van der Waals surface area contributed by atoms with E-state index < -0.39 is 23.7 Å². The molecule has 2 N–H and O–H groups in total. The largest absolute Gasteiger partial charge is 0.478 e. The van der Waals surface area contributed by atoms with Crippen LogP contribution in [0.3, 0.4) is 0 Å². The van der Waals surface area contributed by atoms with E-state index in [2.05, 4.69) is 5.32 Å². The van der Waals surface area contributed by atoms with Gasteiger partial charge < -0.3 is 10.4 Å². The van der Waals surface area contributed by atoms with E-state index in [1.54, 1.807) is 36.4 Å². The molecule has 8 heteroatoms. The van der Waals surface area contributed by atoms with Gasteiger partial charge in [0, 0.05) is 5.56 Å². The highest BCUT2D eigenvalue weighted by Gasteiger charge is 2.38. The van der Waals surface area contributed by atoms with Gasteiger partial charge in [0.25, 0.3) is 17.7 Å². The molecular weight excluding hydrogens is 408 g/mol. The van der Waals surface area contributed by atoms with Crippen molar-refractivity contribution >= 4 is 46.7 Å². The van der Waals surface area contributed by atoms with E-state index in [1.807, 2.05) is 0 Å². The molecule has 3 aromatic rings. The van der Waals surface area contributed by atoms with E-state index in [9.17, 15) is 24.3 Å². The standard InChI is InChI=1S/C22H13ClN2O5/c23-16-6-2-4-8-18(16)25-20(27)13-10-9-12(11-15(13)21(25)28)19(26)24-17-7-3-1-5-14(17)22(29)30/h1-11H,(H,24,26)(H,29,30). The zero-order valence-corrected chi connectivity index (χ0v) is 16.0. The molecule has 0 fully saturated rings. The summed E-state index contributed by atoms with van der Waals surface area (Å²) in [5.74, 6) is -2.92. The molecule has 30 heavy (non-hydrogen) atoms. The van der Waals surface area contributed by atoms with Crippen LogP contribution < -0.4 is 10.2 Å². The molecule has 0 saturated carbocycles. The number of imide groups is 1. The second kappa shape index (κ2) is 7.46. The molecule has 0 spiro atoms. The predicted octanol–water partition coefficient (Wildman–Crippen LogP) is 4.09. The number of amides is 3. The van der Waals surface area contributed by atoms with E-state index >= 15 is 0 Å². The van der Waals surface area contributed by atoms with Crippen molar-refractivity contribution in [1.29, 1.82) is 0 Å². The van der Waals surface area contributed by atoms with Crippen molar-refractivity contribution in [3.8, 4) is 0 Å². The minimum atomic E-state index is -1.18. The van der Waals surface area contributed by atoms with E-state index in [-0.39, 0.29) is 38.7 Å². The molecule has 0 aromatic heterocycles. The number of carbonyl (C=O) groups excluding carboxylic acids is 3. The first-order chi connectivity index (χ1) is 14.4. The zero-order valence-electron chi connectivity index (χ0n) is 15.3. The molecule has 3 aromatic carbocycles. The average Bonchev–Trinajstić information content (AvgIpc) is 2.98. The van der Waals surface area contributed by atoms with Gasteiger partial charge in [-0.15, -0.1) is 0 Å². The first-order valence-corrected chi connectivity index (χ1v) is 9.17. The lowest BCUT2D eigenvalue weighted by Crippen LogP contribution is -2.29. The molecule has 3 amide bonds. The topological polar surface area (TPSA) is 104 Å². The number of rotatable bonds is 4. The lowest BCUT2D eigenvalue weighted by molar-refractivity contribution is 0.0697. The Labute approximate surface area is 175 Å². The summed E-state index contributed by atoms with van der Waals surface area (Å²) in [6.07, 6.45) is 0. The van der Waals surface area contributed by atoms with E-state index in [1.165, 1.54) is 30.3 Å². The Hall–Kier alpha value is -3.97. The number of fused-ring (bicyclic) bond motifs is 1. The summed E-state index contributed by atoms with van der Waals surface area (Å²) in [4.78, 5) is 50.5. The van der Waals surface area contributed by atoms with Crippen LogP contribution in [0, 0.1) is 0 Å². The van der Waals surface area contributed by atoms with Crippen LogP contribution in [0.4, 0.5) is 11.4 Å². The molecule has 1 aliphatic heterocycles. The summed E-state index contributed by atoms with van der Waals surface area (Å²) < 4.78 is 0. The number of carbonyl (C=O) groups is 4. The molecule has 1 heterocycles. The number of hydrogen-bond acceptors (Lipinski definition) is 4. The van der Waals surface area contributed by atoms with Crippen molar-refractivity contribution < 1.29 is 24.3 Å². The summed E-state index contributed by atoms with van der Waals surface area (Å²) >= 11 is 6.13. The fourth-order valence-corrected chi connectivity index (χ4v) is 3.43. The molecule has 7 nitrogen and oxygen atoms in total. The van der Waals surface area contributed by atoms with Gasteiger partial charge in [0.2, 0.25) is 0 Å². The third kappa shape index (κ3) is 3.21. The van der Waals surface area contributed by atoms with Crippen molar-refractivity contribution in [2.24, 2.45) is 0 Å². The Kier molecular flexibility index (Phi) is 4.81. The van der Waals surface area contributed by atoms with Crippen LogP contribution in [-0.2, 0) is 0 Å². The van der Waals surface area contributed by atoms with Gasteiger partial charge in [0.1, 0.15) is 0 Å². The number of nitrogens with zero attached hydrogens (tertiary/aromatic N) is 1. The number of para-hydroxylation sites is 2. The lowest BCUT2D eigenvalue weighted by atomic mass is 10.0. The molecule has 1 aliphatic rings. The SMILES string of the molecule is O=C(Nc1ccccc1C(=O)O)c1ccc2c(c1)C(=O)N(c1ccccc1Cl)C2=O. The number of aromatic carboxylic acids is 1. The summed E-state index contributed by atoms with van der Waals surface area (Å²) in [7, 11) is 0. The average molecular weight is 421 g/mol. The first kappa shape index (κ1) is 19.4. The number of hydrogen-bond donors (Lipinski definition) is 2. The maximum Gasteiger partial charge on any atom is 0.337 e. The fourth-order valence-electron chi connectivity index (χ4n) is 3.21. The number of carboxylic acid groups (broad SMARTS) is 1. The maximum atomic E-state index is 12.9. The van der Waals surface area contributed by atoms with Gasteiger partial charge >= 0.3 is 5.97 Å². The number of nitrogens with one attached hydrogen (secondary N) is 1. The second-order valence-electron chi connectivity index (χ2n) is 6.46. The highest BCUT2D eigenvalue weighted by Crippen LogP contribution is 2.33. The molecule has 4 rings (SSSR count). The van der Waals surface area contributed by atoms with E-state index in [0.717, 1.165) is 4.90 Å². The summed E-state index contributed by atoms with van der Waals surface area (Å²) in [5.41, 5.74) is 0.642. The summed E-state index contributed by atoms with van der Waals surface area (Å²) in [6, 6.07) is 16.5. The minimum absolute atomic E-state index is 0.0665. The number of carboxylic acids is 1. The summed E-state index contributed by atoms with van der Waals surface area (Å²) in [5, 5.41) is 12.0. The third-order valence-electron chi connectivity index (χ3n) is 4.65.